The predicted molar refractivity (Wildman–Crippen MR) is 85.8 cm³/mol. The molecule has 0 atom stereocenters. The molecule has 112 valence electrons. The smallest absolute Gasteiger partial charge is 0.248 e. The molecular weight excluding hydrogens is 264 g/mol. The second kappa shape index (κ2) is 6.92. The lowest BCUT2D eigenvalue weighted by Gasteiger charge is -2.12. The van der Waals surface area contributed by atoms with E-state index in [9.17, 15) is 0 Å². The molecule has 3 N–H and O–H groups in total. The number of nitrogens with zero attached hydrogens (tertiary/aromatic N) is 2. The van der Waals surface area contributed by atoms with Crippen molar-refractivity contribution in [2.75, 3.05) is 17.6 Å². The second-order valence-corrected chi connectivity index (χ2v) is 5.15. The van der Waals surface area contributed by atoms with Gasteiger partial charge in [0.25, 0.3) is 0 Å². The highest BCUT2D eigenvalue weighted by Gasteiger charge is 2.10. The third-order valence-corrected chi connectivity index (χ3v) is 3.08. The number of unbranched alkanes of at least 4 members (excludes halogenated alkanes) is 1. The molecule has 5 nitrogen and oxygen atoms in total. The molecule has 0 unspecified atom stereocenters. The van der Waals surface area contributed by atoms with Gasteiger partial charge in [-0.2, -0.15) is 4.98 Å². The zero-order valence-corrected chi connectivity index (χ0v) is 12.8. The number of benzene rings is 1. The van der Waals surface area contributed by atoms with Crippen LogP contribution in [0.1, 0.15) is 30.9 Å². The van der Waals surface area contributed by atoms with Gasteiger partial charge in [0.15, 0.2) is 5.82 Å². The van der Waals surface area contributed by atoms with E-state index in [0.29, 0.717) is 17.4 Å². The highest BCUT2D eigenvalue weighted by molar-refractivity contribution is 5.66. The van der Waals surface area contributed by atoms with Crippen LogP contribution in [0.3, 0.4) is 0 Å². The molecule has 0 aliphatic carbocycles. The maximum absolute atomic E-state index is 6.08. The van der Waals surface area contributed by atoms with Gasteiger partial charge in [-0.1, -0.05) is 19.4 Å². The Morgan fingerprint density at radius 3 is 2.52 bits per heavy atom. The molecule has 0 spiro atoms. The number of ether oxygens (including phenoxy) is 1. The van der Waals surface area contributed by atoms with Gasteiger partial charge in [0.05, 0.1) is 0 Å². The average molecular weight is 286 g/mol. The lowest BCUT2D eigenvalue weighted by atomic mass is 10.1. The van der Waals surface area contributed by atoms with Crippen LogP contribution in [-0.4, -0.2) is 16.5 Å². The van der Waals surface area contributed by atoms with Crippen LogP contribution in [0.4, 0.5) is 11.5 Å². The fraction of sp³-hybridized carbons (Fsp3) is 0.375. The predicted octanol–water partition coefficient (Wildman–Crippen LogP) is 3.68. The number of rotatable bonds is 6. The summed E-state index contributed by atoms with van der Waals surface area (Å²) in [4.78, 5) is 8.28. The summed E-state index contributed by atoms with van der Waals surface area (Å²) in [5, 5.41) is 3.21. The molecule has 0 radical (unpaired) electrons. The quantitative estimate of drug-likeness (QED) is 0.792. The van der Waals surface area contributed by atoms with Gasteiger partial charge in [-0.15, -0.1) is 0 Å². The lowest BCUT2D eigenvalue weighted by Crippen LogP contribution is -2.07. The van der Waals surface area contributed by atoms with E-state index in [2.05, 4.69) is 28.3 Å². The summed E-state index contributed by atoms with van der Waals surface area (Å²) in [6.07, 6.45) is 3.64. The molecule has 0 saturated carbocycles. The first-order valence-electron chi connectivity index (χ1n) is 7.20. The first kappa shape index (κ1) is 15.1. The van der Waals surface area contributed by atoms with Crippen molar-refractivity contribution < 1.29 is 4.74 Å². The Labute approximate surface area is 125 Å². The van der Waals surface area contributed by atoms with E-state index >= 15 is 0 Å². The van der Waals surface area contributed by atoms with Crippen molar-refractivity contribution in [2.24, 2.45) is 0 Å². The van der Waals surface area contributed by atoms with Gasteiger partial charge >= 0.3 is 0 Å². The summed E-state index contributed by atoms with van der Waals surface area (Å²) < 4.78 is 5.80. The molecule has 21 heavy (non-hydrogen) atoms. The number of hydrogen-bond acceptors (Lipinski definition) is 5. The molecule has 1 aromatic heterocycles. The van der Waals surface area contributed by atoms with Crippen LogP contribution in [0.5, 0.6) is 11.6 Å². The van der Waals surface area contributed by atoms with Gasteiger partial charge in [-0.25, -0.2) is 4.98 Å². The molecular formula is C16H22N4O. The van der Waals surface area contributed by atoms with E-state index in [-0.39, 0.29) is 0 Å². The van der Waals surface area contributed by atoms with Gasteiger partial charge in [0.2, 0.25) is 5.88 Å². The van der Waals surface area contributed by atoms with E-state index in [0.717, 1.165) is 36.3 Å². The van der Waals surface area contributed by atoms with Crippen molar-refractivity contribution >= 4 is 11.5 Å². The summed E-state index contributed by atoms with van der Waals surface area (Å²) in [6.45, 7) is 7.03. The standard InChI is InChI=1S/C16H22N4O/c1-4-5-6-18-15-14(17)16(20-10-19-15)21-13-8-11(2)7-12(3)9-13/h7-10H,4-6,17H2,1-3H3,(H,18,19,20). The molecule has 1 heterocycles. The van der Waals surface area contributed by atoms with E-state index in [1.807, 2.05) is 26.0 Å². The summed E-state index contributed by atoms with van der Waals surface area (Å²) in [5.41, 5.74) is 8.79. The fourth-order valence-corrected chi connectivity index (χ4v) is 2.09. The Balaban J connectivity index is 2.18. The van der Waals surface area contributed by atoms with Crippen molar-refractivity contribution in [1.29, 1.82) is 0 Å². The minimum Gasteiger partial charge on any atom is -0.437 e. The first-order chi connectivity index (χ1) is 10.1. The van der Waals surface area contributed by atoms with E-state index in [4.69, 9.17) is 10.5 Å². The Kier molecular flexibility index (Phi) is 4.98. The van der Waals surface area contributed by atoms with E-state index in [1.165, 1.54) is 6.33 Å². The Morgan fingerprint density at radius 2 is 1.86 bits per heavy atom. The number of aryl methyl sites for hydroxylation is 2. The van der Waals surface area contributed by atoms with E-state index < -0.39 is 0 Å². The van der Waals surface area contributed by atoms with Gasteiger partial charge in [0, 0.05) is 6.54 Å². The maximum Gasteiger partial charge on any atom is 0.248 e. The SMILES string of the molecule is CCCCNc1ncnc(Oc2cc(C)cc(C)c2)c1N. The van der Waals surface area contributed by atoms with Gasteiger partial charge in [0.1, 0.15) is 17.8 Å². The molecule has 0 aliphatic rings. The van der Waals surface area contributed by atoms with Gasteiger partial charge in [-0.3, -0.25) is 0 Å². The molecule has 2 rings (SSSR count). The lowest BCUT2D eigenvalue weighted by molar-refractivity contribution is 0.464. The minimum absolute atomic E-state index is 0.383. The minimum atomic E-state index is 0.383. The largest absolute Gasteiger partial charge is 0.437 e. The van der Waals surface area contributed by atoms with Gasteiger partial charge in [-0.05, 0) is 43.5 Å². The van der Waals surface area contributed by atoms with Crippen LogP contribution < -0.4 is 15.8 Å². The topological polar surface area (TPSA) is 73.1 Å². The number of nitrogen functional groups attached to an aromatic ring is 1. The summed E-state index contributed by atoms with van der Waals surface area (Å²) in [7, 11) is 0. The average Bonchev–Trinajstić information content (AvgIpc) is 2.42. The zero-order chi connectivity index (χ0) is 15.2. The molecule has 0 amide bonds. The van der Waals surface area contributed by atoms with Crippen LogP contribution in [-0.2, 0) is 0 Å². The molecule has 0 saturated heterocycles. The highest BCUT2D eigenvalue weighted by atomic mass is 16.5. The molecule has 1 aromatic carbocycles. The number of aromatic nitrogens is 2. The number of nitrogens with one attached hydrogen (secondary N) is 1. The molecule has 2 aromatic rings. The van der Waals surface area contributed by atoms with E-state index in [1.54, 1.807) is 0 Å². The summed E-state index contributed by atoms with van der Waals surface area (Å²) in [5.74, 6) is 1.74. The molecule has 0 aliphatic heterocycles. The molecule has 0 fully saturated rings. The van der Waals surface area contributed by atoms with Crippen LogP contribution >= 0.6 is 0 Å². The molecule has 0 bridgehead atoms. The monoisotopic (exact) mass is 286 g/mol. The molecule has 5 heteroatoms. The number of anilines is 2. The second-order valence-electron chi connectivity index (χ2n) is 5.15. The Hall–Kier alpha value is -2.30. The van der Waals surface area contributed by atoms with Gasteiger partial charge < -0.3 is 15.8 Å². The van der Waals surface area contributed by atoms with Crippen LogP contribution in [0.15, 0.2) is 24.5 Å². The van der Waals surface area contributed by atoms with Crippen molar-refractivity contribution in [3.63, 3.8) is 0 Å². The van der Waals surface area contributed by atoms with Crippen LogP contribution in [0.2, 0.25) is 0 Å². The fourth-order valence-electron chi connectivity index (χ4n) is 2.09. The zero-order valence-electron chi connectivity index (χ0n) is 12.8. The first-order valence-corrected chi connectivity index (χ1v) is 7.20. The maximum atomic E-state index is 6.08. The highest BCUT2D eigenvalue weighted by Crippen LogP contribution is 2.30. The number of nitrogens with two attached hydrogens (primary N) is 1. The van der Waals surface area contributed by atoms with Crippen molar-refractivity contribution in [2.45, 2.75) is 33.6 Å². The normalized spacial score (nSPS) is 10.4. The Morgan fingerprint density at radius 1 is 1.14 bits per heavy atom. The Bertz CT molecular complexity index is 593. The van der Waals surface area contributed by atoms with Crippen molar-refractivity contribution in [1.82, 2.24) is 9.97 Å². The van der Waals surface area contributed by atoms with Crippen LogP contribution in [0, 0.1) is 13.8 Å². The number of hydrogen-bond donors (Lipinski definition) is 2. The van der Waals surface area contributed by atoms with Crippen molar-refractivity contribution in [3.8, 4) is 11.6 Å². The summed E-state index contributed by atoms with van der Waals surface area (Å²) in [6, 6.07) is 6.01. The third-order valence-electron chi connectivity index (χ3n) is 3.08. The third kappa shape index (κ3) is 4.08. The van der Waals surface area contributed by atoms with Crippen LogP contribution in [0.25, 0.3) is 0 Å². The van der Waals surface area contributed by atoms with Crippen molar-refractivity contribution in [3.05, 3.63) is 35.7 Å². The summed E-state index contributed by atoms with van der Waals surface area (Å²) >= 11 is 0.